The summed E-state index contributed by atoms with van der Waals surface area (Å²) in [7, 11) is 0. The second-order valence-electron chi connectivity index (χ2n) is 7.80. The predicted molar refractivity (Wildman–Crippen MR) is 122 cm³/mol. The first-order valence-corrected chi connectivity index (χ1v) is 11.6. The number of benzene rings is 1. The van der Waals surface area contributed by atoms with E-state index in [2.05, 4.69) is 24.5 Å². The quantitative estimate of drug-likeness (QED) is 0.533. The second-order valence-corrected chi connectivity index (χ2v) is 8.90. The van der Waals surface area contributed by atoms with Gasteiger partial charge in [-0.1, -0.05) is 13.8 Å². The number of amides is 2. The molecule has 1 aromatic carbocycles. The van der Waals surface area contributed by atoms with E-state index in [-0.39, 0.29) is 11.8 Å². The van der Waals surface area contributed by atoms with Crippen molar-refractivity contribution in [1.29, 1.82) is 0 Å². The van der Waals surface area contributed by atoms with Gasteiger partial charge in [0.15, 0.2) is 6.54 Å². The highest BCUT2D eigenvalue weighted by Crippen LogP contribution is 2.40. The van der Waals surface area contributed by atoms with E-state index >= 15 is 0 Å². The van der Waals surface area contributed by atoms with Crippen LogP contribution >= 0.6 is 11.3 Å². The smallest absolute Gasteiger partial charge is 0.280 e. The summed E-state index contributed by atoms with van der Waals surface area (Å²) in [5.41, 5.74) is 2.43. The van der Waals surface area contributed by atoms with Crippen molar-refractivity contribution in [1.82, 2.24) is 0 Å². The van der Waals surface area contributed by atoms with Crippen molar-refractivity contribution in [3.8, 4) is 5.75 Å². The molecule has 162 valence electrons. The first-order valence-electron chi connectivity index (χ1n) is 10.8. The molecule has 1 heterocycles. The van der Waals surface area contributed by atoms with Crippen molar-refractivity contribution in [2.75, 3.05) is 30.3 Å². The number of hydrogen-bond acceptors (Lipinski definition) is 4. The third-order valence-corrected chi connectivity index (χ3v) is 6.41. The Morgan fingerprint density at radius 1 is 1.20 bits per heavy atom. The first kappa shape index (κ1) is 22.3. The fourth-order valence-corrected chi connectivity index (χ4v) is 5.11. The van der Waals surface area contributed by atoms with Crippen LogP contribution in [0.1, 0.15) is 54.4 Å². The van der Waals surface area contributed by atoms with Gasteiger partial charge < -0.3 is 20.7 Å². The molecule has 1 aromatic heterocycles. The second kappa shape index (κ2) is 10.6. The van der Waals surface area contributed by atoms with Gasteiger partial charge in [0.2, 0.25) is 0 Å². The van der Waals surface area contributed by atoms with Crippen molar-refractivity contribution < 1.29 is 19.6 Å². The molecule has 1 atom stereocenters. The zero-order valence-corrected chi connectivity index (χ0v) is 18.9. The Bertz CT molecular complexity index is 877. The van der Waals surface area contributed by atoms with Crippen LogP contribution in [0.4, 0.5) is 10.7 Å². The third kappa shape index (κ3) is 5.61. The van der Waals surface area contributed by atoms with Crippen molar-refractivity contribution in [2.45, 2.75) is 46.5 Å². The Labute approximate surface area is 182 Å². The lowest BCUT2D eigenvalue weighted by Gasteiger charge is -2.18. The minimum absolute atomic E-state index is 0.0646. The van der Waals surface area contributed by atoms with E-state index in [1.54, 1.807) is 11.3 Å². The van der Waals surface area contributed by atoms with E-state index < -0.39 is 0 Å². The number of fused-ring (bicyclic) bond motifs is 1. The number of hydrogen-bond donors (Lipinski definition) is 3. The van der Waals surface area contributed by atoms with Gasteiger partial charge in [0.05, 0.1) is 18.7 Å². The largest absolute Gasteiger partial charge is 0.494 e. The van der Waals surface area contributed by atoms with Gasteiger partial charge in [-0.3, -0.25) is 9.59 Å². The van der Waals surface area contributed by atoms with Crippen LogP contribution in [0.2, 0.25) is 0 Å². The van der Waals surface area contributed by atoms with Crippen LogP contribution in [0.3, 0.4) is 0 Å². The molecule has 0 spiro atoms. The average Bonchev–Trinajstić information content (AvgIpc) is 3.06. The highest BCUT2D eigenvalue weighted by atomic mass is 32.1. The Morgan fingerprint density at radius 3 is 2.67 bits per heavy atom. The Balaban J connectivity index is 1.80. The molecule has 3 rings (SSSR count). The highest BCUT2D eigenvalue weighted by molar-refractivity contribution is 7.17. The van der Waals surface area contributed by atoms with Crippen molar-refractivity contribution in [3.05, 3.63) is 40.3 Å². The maximum atomic E-state index is 13.2. The molecular weight excluding hydrogens is 398 g/mol. The van der Waals surface area contributed by atoms with Gasteiger partial charge >= 0.3 is 0 Å². The highest BCUT2D eigenvalue weighted by Gasteiger charge is 2.28. The van der Waals surface area contributed by atoms with Crippen LogP contribution in [0.25, 0.3) is 0 Å². The van der Waals surface area contributed by atoms with Crippen LogP contribution in [0.15, 0.2) is 24.3 Å². The number of carbonyl (C=O) groups excluding carboxylic acids is 2. The van der Waals surface area contributed by atoms with E-state index in [1.807, 2.05) is 36.5 Å². The number of carbonyl (C=O) groups is 2. The maximum Gasteiger partial charge on any atom is 0.280 e. The Kier molecular flexibility index (Phi) is 7.87. The Hall–Kier alpha value is -2.38. The number of ether oxygens (including phenoxy) is 1. The third-order valence-electron chi connectivity index (χ3n) is 5.24. The molecule has 1 aliphatic rings. The molecule has 7 heteroatoms. The maximum absolute atomic E-state index is 13.2. The van der Waals surface area contributed by atoms with E-state index in [4.69, 9.17) is 4.74 Å². The number of nitrogens with one attached hydrogen (secondary N) is 2. The van der Waals surface area contributed by atoms with E-state index in [9.17, 15) is 9.59 Å². The summed E-state index contributed by atoms with van der Waals surface area (Å²) in [6.45, 7) is 8.15. The lowest BCUT2D eigenvalue weighted by Crippen LogP contribution is -2.86. The van der Waals surface area contributed by atoms with Gasteiger partial charge in [0.25, 0.3) is 11.8 Å². The molecule has 0 radical (unpaired) electrons. The minimum Gasteiger partial charge on any atom is -0.494 e. The molecule has 0 bridgehead atoms. The molecule has 2 amide bonds. The minimum atomic E-state index is -0.168. The van der Waals surface area contributed by atoms with Crippen molar-refractivity contribution in [2.24, 2.45) is 5.92 Å². The number of thiophene rings is 1. The van der Waals surface area contributed by atoms with E-state index in [0.717, 1.165) is 43.5 Å². The zero-order chi connectivity index (χ0) is 21.5. The summed E-state index contributed by atoms with van der Waals surface area (Å²) < 4.78 is 5.46. The molecule has 0 fully saturated rings. The standard InChI is InChI=1S/C23H31N3O3S/c1-4-12-24-14-20(27)26-23-21(18-11-6-15(3)13-19(18)30-23)22(28)25-16-7-9-17(10-8-16)29-5-2/h7-10,15,24H,4-6,11-14H2,1-3H3,(H,25,28)(H,26,27)/p+1/t15-/m0/s1. The molecule has 30 heavy (non-hydrogen) atoms. The fraction of sp³-hybridized carbons (Fsp3) is 0.478. The lowest BCUT2D eigenvalue weighted by molar-refractivity contribution is -0.643. The molecule has 0 unspecified atom stereocenters. The predicted octanol–water partition coefficient (Wildman–Crippen LogP) is 3.44. The summed E-state index contributed by atoms with van der Waals surface area (Å²) in [4.78, 5) is 26.8. The number of quaternary nitrogens is 1. The van der Waals surface area contributed by atoms with Gasteiger partial charge in [-0.25, -0.2) is 0 Å². The summed E-state index contributed by atoms with van der Waals surface area (Å²) in [6.07, 6.45) is 3.91. The van der Waals surface area contributed by atoms with Crippen LogP contribution in [-0.2, 0) is 17.6 Å². The van der Waals surface area contributed by atoms with Gasteiger partial charge in [0, 0.05) is 10.6 Å². The van der Waals surface area contributed by atoms with Gasteiger partial charge in [-0.05, 0) is 68.4 Å². The zero-order valence-electron chi connectivity index (χ0n) is 18.0. The molecule has 4 N–H and O–H groups in total. The van der Waals surface area contributed by atoms with Crippen LogP contribution in [0.5, 0.6) is 5.75 Å². The molecule has 2 aromatic rings. The van der Waals surface area contributed by atoms with Crippen LogP contribution in [0, 0.1) is 5.92 Å². The fourth-order valence-electron chi connectivity index (χ4n) is 3.69. The first-order chi connectivity index (χ1) is 14.5. The van der Waals surface area contributed by atoms with Crippen molar-refractivity contribution >= 4 is 33.8 Å². The Morgan fingerprint density at radius 2 is 1.97 bits per heavy atom. The van der Waals surface area contributed by atoms with Gasteiger partial charge in [-0.15, -0.1) is 11.3 Å². The van der Waals surface area contributed by atoms with Crippen LogP contribution < -0.4 is 20.7 Å². The number of anilines is 2. The molecule has 0 aliphatic heterocycles. The summed E-state index contributed by atoms with van der Waals surface area (Å²) in [5, 5.41) is 8.66. The average molecular weight is 431 g/mol. The van der Waals surface area contributed by atoms with E-state index in [1.165, 1.54) is 4.88 Å². The molecule has 1 aliphatic carbocycles. The molecular formula is C23H32N3O3S+. The molecule has 0 saturated heterocycles. The number of rotatable bonds is 9. The van der Waals surface area contributed by atoms with Crippen LogP contribution in [-0.4, -0.2) is 31.5 Å². The molecule has 6 nitrogen and oxygen atoms in total. The van der Waals surface area contributed by atoms with Crippen molar-refractivity contribution in [3.63, 3.8) is 0 Å². The normalized spacial score (nSPS) is 15.4. The number of nitrogens with two attached hydrogens (primary N) is 1. The summed E-state index contributed by atoms with van der Waals surface area (Å²) in [6, 6.07) is 7.36. The monoisotopic (exact) mass is 430 g/mol. The summed E-state index contributed by atoms with van der Waals surface area (Å²) >= 11 is 1.55. The summed E-state index contributed by atoms with van der Waals surface area (Å²) in [5.74, 6) is 1.14. The lowest BCUT2D eigenvalue weighted by atomic mass is 9.88. The SMILES string of the molecule is CCC[NH2+]CC(=O)Nc1sc2c(c1C(=O)Nc1ccc(OCC)cc1)CC[C@H](C)C2. The van der Waals surface area contributed by atoms with E-state index in [0.29, 0.717) is 35.3 Å². The van der Waals surface area contributed by atoms with Gasteiger partial charge in [-0.2, -0.15) is 0 Å². The topological polar surface area (TPSA) is 84.0 Å². The van der Waals surface area contributed by atoms with Gasteiger partial charge in [0.1, 0.15) is 10.8 Å². The molecule has 0 saturated carbocycles.